The molecule has 1 saturated heterocycles. The first-order valence-electron chi connectivity index (χ1n) is 18.8. The Labute approximate surface area is 337 Å². The highest BCUT2D eigenvalue weighted by Gasteiger charge is 2.40. The molecule has 1 heterocycles. The molecule has 6 rings (SSSR count). The fourth-order valence-corrected chi connectivity index (χ4v) is 10.1. The van der Waals surface area contributed by atoms with Crippen molar-refractivity contribution in [2.45, 2.75) is 86.5 Å². The van der Waals surface area contributed by atoms with Crippen LogP contribution in [0.5, 0.6) is 11.5 Å². The summed E-state index contributed by atoms with van der Waals surface area (Å²) in [5, 5.41) is 10.4. The Morgan fingerprint density at radius 2 is 1.19 bits per heavy atom. The van der Waals surface area contributed by atoms with Crippen LogP contribution in [0.1, 0.15) is 74.3 Å². The lowest BCUT2D eigenvalue weighted by Crippen LogP contribution is -2.62. The zero-order valence-corrected chi connectivity index (χ0v) is 34.8. The summed E-state index contributed by atoms with van der Waals surface area (Å²) in [5.74, 6) is 0.391. The summed E-state index contributed by atoms with van der Waals surface area (Å²) in [5.41, 5.74) is 4.70. The number of nitrogens with one attached hydrogen (secondary N) is 4. The number of methoxy groups -OCH3 is 2. The molecule has 1 fully saturated rings. The van der Waals surface area contributed by atoms with E-state index in [0.29, 0.717) is 53.3 Å². The Balaban J connectivity index is 1.42. The maximum Gasteiger partial charge on any atom is 0.294 e. The van der Waals surface area contributed by atoms with E-state index in [0.717, 1.165) is 16.8 Å². The number of ether oxygens (including phenoxy) is 2. The first-order chi connectivity index (χ1) is 27.0. The molecule has 1 aliphatic heterocycles. The minimum absolute atomic E-state index is 0.153. The molecule has 302 valence electrons. The molecule has 0 bridgehead atoms. The van der Waals surface area contributed by atoms with Crippen LogP contribution >= 0.6 is 0 Å². The number of anilines is 2. The average Bonchev–Trinajstić information content (AvgIpc) is 3.16. The molecular formula is C44H52N4O7S2. The smallest absolute Gasteiger partial charge is 0.294 e. The predicted octanol–water partition coefficient (Wildman–Crippen LogP) is 7.94. The van der Waals surface area contributed by atoms with E-state index >= 15 is 0 Å². The third-order valence-corrected chi connectivity index (χ3v) is 12.6. The summed E-state index contributed by atoms with van der Waals surface area (Å²) in [4.78, 5) is -0.0380. The normalized spacial score (nSPS) is 16.1. The molecule has 5 aromatic rings. The van der Waals surface area contributed by atoms with Gasteiger partial charge in [0.05, 0.1) is 24.0 Å². The summed E-state index contributed by atoms with van der Waals surface area (Å²) >= 11 is 0. The largest absolute Gasteiger partial charge is 0.496 e. The Morgan fingerprint density at radius 1 is 0.667 bits per heavy atom. The monoisotopic (exact) mass is 812 g/mol. The molecule has 1 atom stereocenters. The van der Waals surface area contributed by atoms with Gasteiger partial charge in [-0.25, -0.2) is 13.1 Å². The van der Waals surface area contributed by atoms with Gasteiger partial charge in [-0.05, 0) is 87.6 Å². The second kappa shape index (κ2) is 16.9. The van der Waals surface area contributed by atoms with Gasteiger partial charge in [0.25, 0.3) is 10.1 Å². The van der Waals surface area contributed by atoms with E-state index < -0.39 is 26.1 Å². The Kier molecular flexibility index (Phi) is 12.4. The number of hydrogen-bond donors (Lipinski definition) is 5. The number of rotatable bonds is 15. The second-order valence-corrected chi connectivity index (χ2v) is 18.9. The van der Waals surface area contributed by atoms with E-state index in [4.69, 9.17) is 9.47 Å². The van der Waals surface area contributed by atoms with Crippen LogP contribution in [0.2, 0.25) is 0 Å². The molecule has 0 amide bonds. The number of benzene rings is 5. The lowest BCUT2D eigenvalue weighted by atomic mass is 9.80. The number of hydrogen-bond acceptors (Lipinski definition) is 9. The topological polar surface area (TPSA) is 155 Å². The minimum atomic E-state index is -4.36. The van der Waals surface area contributed by atoms with E-state index in [2.05, 4.69) is 48.4 Å². The lowest BCUT2D eigenvalue weighted by molar-refractivity contribution is 0.157. The highest BCUT2D eigenvalue weighted by molar-refractivity contribution is 7.89. The first kappa shape index (κ1) is 41.7. The SMILES string of the molecule is COc1cc(NCc2ccccc2)ccc1C(c1ccc(NCc2cccc(S(=O)(=O)O)c2)cc1OC)c1ccccc1S(=O)(=O)NC1CC(C)(C)NC(C)(C)C1. The average molecular weight is 813 g/mol. The molecule has 0 spiro atoms. The van der Waals surface area contributed by atoms with Gasteiger partial charge >= 0.3 is 0 Å². The third-order valence-electron chi connectivity index (χ3n) is 10.2. The molecule has 1 unspecified atom stereocenters. The molecule has 0 saturated carbocycles. The van der Waals surface area contributed by atoms with E-state index in [1.165, 1.54) is 12.1 Å². The number of sulfonamides is 1. The zero-order chi connectivity index (χ0) is 41.0. The van der Waals surface area contributed by atoms with Gasteiger partial charge < -0.3 is 25.4 Å². The molecule has 11 nitrogen and oxygen atoms in total. The van der Waals surface area contributed by atoms with Gasteiger partial charge in [-0.3, -0.25) is 4.55 Å². The lowest BCUT2D eigenvalue weighted by Gasteiger charge is -2.46. The maximum atomic E-state index is 14.6. The second-order valence-electron chi connectivity index (χ2n) is 15.8. The molecule has 1 aliphatic rings. The van der Waals surface area contributed by atoms with Crippen LogP contribution in [-0.2, 0) is 33.2 Å². The highest BCUT2D eigenvalue weighted by atomic mass is 32.2. The highest BCUT2D eigenvalue weighted by Crippen LogP contribution is 2.45. The van der Waals surface area contributed by atoms with E-state index in [1.807, 2.05) is 78.9 Å². The van der Waals surface area contributed by atoms with Gasteiger partial charge in [0, 0.05) is 70.8 Å². The van der Waals surface area contributed by atoms with E-state index in [1.54, 1.807) is 38.5 Å². The fraction of sp³-hybridized carbons (Fsp3) is 0.318. The minimum Gasteiger partial charge on any atom is -0.496 e. The van der Waals surface area contributed by atoms with Crippen LogP contribution in [-0.4, -0.2) is 52.7 Å². The quantitative estimate of drug-likeness (QED) is 0.0520. The predicted molar refractivity (Wildman–Crippen MR) is 225 cm³/mol. The molecule has 5 aromatic carbocycles. The number of piperidine rings is 1. The van der Waals surface area contributed by atoms with Crippen molar-refractivity contribution in [3.05, 3.63) is 143 Å². The van der Waals surface area contributed by atoms with Gasteiger partial charge in [-0.1, -0.05) is 72.8 Å². The van der Waals surface area contributed by atoms with Crippen LogP contribution in [0.25, 0.3) is 0 Å². The molecule has 0 aromatic heterocycles. The molecule has 57 heavy (non-hydrogen) atoms. The summed E-state index contributed by atoms with van der Waals surface area (Å²) in [6, 6.07) is 34.3. The van der Waals surface area contributed by atoms with Crippen molar-refractivity contribution in [1.82, 2.24) is 10.0 Å². The third kappa shape index (κ3) is 10.3. The van der Waals surface area contributed by atoms with Gasteiger partial charge in [-0.15, -0.1) is 0 Å². The summed E-state index contributed by atoms with van der Waals surface area (Å²) in [7, 11) is -5.24. The van der Waals surface area contributed by atoms with Crippen molar-refractivity contribution in [2.75, 3.05) is 24.9 Å². The van der Waals surface area contributed by atoms with E-state index in [9.17, 15) is 21.4 Å². The summed E-state index contributed by atoms with van der Waals surface area (Å²) < 4.78 is 77.3. The van der Waals surface area contributed by atoms with Gasteiger partial charge in [0.1, 0.15) is 11.5 Å². The molecule has 0 radical (unpaired) electrons. The van der Waals surface area contributed by atoms with E-state index in [-0.39, 0.29) is 33.5 Å². The summed E-state index contributed by atoms with van der Waals surface area (Å²) in [6.45, 7) is 9.22. The van der Waals surface area contributed by atoms with Crippen LogP contribution in [0.4, 0.5) is 11.4 Å². The first-order valence-corrected chi connectivity index (χ1v) is 21.7. The van der Waals surface area contributed by atoms with Crippen molar-refractivity contribution < 1.29 is 30.9 Å². The van der Waals surface area contributed by atoms with Gasteiger partial charge in [0.15, 0.2) is 0 Å². The van der Waals surface area contributed by atoms with Crippen molar-refractivity contribution in [1.29, 1.82) is 0 Å². The van der Waals surface area contributed by atoms with Crippen LogP contribution < -0.4 is 30.1 Å². The molecule has 0 aliphatic carbocycles. The van der Waals surface area contributed by atoms with Crippen molar-refractivity contribution >= 4 is 31.5 Å². The molecular weight excluding hydrogens is 761 g/mol. The zero-order valence-electron chi connectivity index (χ0n) is 33.2. The van der Waals surface area contributed by atoms with Gasteiger partial charge in [-0.2, -0.15) is 8.42 Å². The van der Waals surface area contributed by atoms with Gasteiger partial charge in [0.2, 0.25) is 10.0 Å². The van der Waals surface area contributed by atoms with Crippen molar-refractivity contribution in [2.24, 2.45) is 0 Å². The summed E-state index contributed by atoms with van der Waals surface area (Å²) in [6.07, 6.45) is 1.24. The Hall–Kier alpha value is -4.92. The Bertz CT molecular complexity index is 2400. The van der Waals surface area contributed by atoms with Crippen LogP contribution in [0.3, 0.4) is 0 Å². The van der Waals surface area contributed by atoms with Crippen LogP contribution in [0, 0.1) is 0 Å². The Morgan fingerprint density at radius 3 is 1.75 bits per heavy atom. The standard InChI is InChI=1S/C44H52N4O7S2/c1-43(2)26-34(27-44(3,4)48-43)47-56(49,50)41-18-11-10-17-38(41)42(36-21-19-32(24-39(36)54-5)45-28-30-13-8-7-9-14-30)37-22-20-33(25-40(37)55-6)46-29-31-15-12-16-35(23-31)57(51,52)53/h7-25,34,42,45-48H,26-29H2,1-6H3,(H,51,52,53). The molecule has 13 heteroatoms. The fourth-order valence-electron chi connectivity index (χ4n) is 8.09. The maximum absolute atomic E-state index is 14.6. The van der Waals surface area contributed by atoms with Crippen molar-refractivity contribution in [3.63, 3.8) is 0 Å². The van der Waals surface area contributed by atoms with Crippen LogP contribution in [0.15, 0.2) is 125 Å². The molecule has 5 N–H and O–H groups in total. The van der Waals surface area contributed by atoms with Crippen molar-refractivity contribution in [3.8, 4) is 11.5 Å².